The minimum Gasteiger partial charge on any atom is -0.343 e. The van der Waals surface area contributed by atoms with Crippen molar-refractivity contribution in [1.82, 2.24) is 0 Å². The third-order valence-corrected chi connectivity index (χ3v) is 5.78. The van der Waals surface area contributed by atoms with E-state index in [0.29, 0.717) is 5.56 Å². The smallest absolute Gasteiger partial charge is 0.131 e. The predicted octanol–water partition coefficient (Wildman–Crippen LogP) is 5.87. The number of fused-ring (bicyclic) bond motifs is 1. The predicted molar refractivity (Wildman–Crippen MR) is 101 cm³/mol. The van der Waals surface area contributed by atoms with Crippen LogP contribution in [0.5, 0.6) is 0 Å². The molecule has 2 nitrogen and oxygen atoms in total. The molecule has 1 N–H and O–H groups in total. The fourth-order valence-electron chi connectivity index (χ4n) is 4.35. The van der Waals surface area contributed by atoms with Gasteiger partial charge in [-0.1, -0.05) is 49.9 Å². The Hall–Kier alpha value is -2.23. The first-order valence-corrected chi connectivity index (χ1v) is 9.50. The molecule has 26 heavy (non-hydrogen) atoms. The van der Waals surface area contributed by atoms with Gasteiger partial charge < -0.3 is 5.32 Å². The van der Waals surface area contributed by atoms with Gasteiger partial charge >= 0.3 is 0 Å². The zero-order chi connectivity index (χ0) is 18.0. The summed E-state index contributed by atoms with van der Waals surface area (Å²) in [5.41, 5.74) is 2.88. The Morgan fingerprint density at radius 2 is 1.73 bits per heavy atom. The van der Waals surface area contributed by atoms with Crippen LogP contribution in [0.15, 0.2) is 47.5 Å². The van der Waals surface area contributed by atoms with E-state index in [9.17, 15) is 8.78 Å². The first-order valence-electron chi connectivity index (χ1n) is 9.50. The Labute approximate surface area is 153 Å². The molecule has 0 aromatic heterocycles. The molecule has 1 aliphatic heterocycles. The summed E-state index contributed by atoms with van der Waals surface area (Å²) in [6.07, 6.45) is 8.15. The van der Waals surface area contributed by atoms with Gasteiger partial charge in [0.05, 0.1) is 6.54 Å². The number of amidine groups is 1. The van der Waals surface area contributed by atoms with Crippen LogP contribution < -0.4 is 5.32 Å². The van der Waals surface area contributed by atoms with Crippen molar-refractivity contribution in [2.75, 3.05) is 5.32 Å². The minimum atomic E-state index is -0.552. The summed E-state index contributed by atoms with van der Waals surface area (Å²) in [7, 11) is 0. The highest BCUT2D eigenvalue weighted by Crippen LogP contribution is 2.44. The summed E-state index contributed by atoms with van der Waals surface area (Å²) in [5.74, 6) is -0.105. The van der Waals surface area contributed by atoms with Gasteiger partial charge in [-0.3, -0.25) is 4.99 Å². The Balaban J connectivity index is 1.68. The van der Waals surface area contributed by atoms with E-state index < -0.39 is 11.6 Å². The van der Waals surface area contributed by atoms with Crippen LogP contribution in [0.2, 0.25) is 0 Å². The second-order valence-corrected chi connectivity index (χ2v) is 7.55. The number of nitrogens with zero attached hydrogens (tertiary/aromatic N) is 1. The van der Waals surface area contributed by atoms with Crippen LogP contribution >= 0.6 is 0 Å². The van der Waals surface area contributed by atoms with Crippen molar-refractivity contribution >= 4 is 11.5 Å². The number of anilines is 1. The van der Waals surface area contributed by atoms with Crippen molar-refractivity contribution in [2.45, 2.75) is 51.5 Å². The van der Waals surface area contributed by atoms with Gasteiger partial charge in [0.1, 0.15) is 17.5 Å². The van der Waals surface area contributed by atoms with E-state index in [1.807, 2.05) is 6.07 Å². The first kappa shape index (κ1) is 17.2. The number of aliphatic imine (C=N–C) groups is 1. The van der Waals surface area contributed by atoms with Crippen molar-refractivity contribution in [3.63, 3.8) is 0 Å². The number of nitrogens with one attached hydrogen (secondary N) is 1. The number of hydrogen-bond donors (Lipinski definition) is 1. The van der Waals surface area contributed by atoms with Crippen LogP contribution in [-0.2, 0) is 13.0 Å². The number of halogens is 2. The van der Waals surface area contributed by atoms with Crippen molar-refractivity contribution in [3.05, 3.63) is 65.2 Å². The second kappa shape index (κ2) is 7.18. The Kier molecular flexibility index (Phi) is 4.75. The molecule has 2 aliphatic rings. The van der Waals surface area contributed by atoms with E-state index in [4.69, 9.17) is 4.99 Å². The van der Waals surface area contributed by atoms with Crippen LogP contribution in [0.3, 0.4) is 0 Å². The van der Waals surface area contributed by atoms with Crippen LogP contribution in [-0.4, -0.2) is 5.84 Å². The van der Waals surface area contributed by atoms with E-state index in [1.54, 1.807) is 0 Å². The Bertz CT molecular complexity index is 821. The molecule has 2 aromatic rings. The van der Waals surface area contributed by atoms with Gasteiger partial charge in [0.15, 0.2) is 0 Å². The number of hydrogen-bond acceptors (Lipinski definition) is 1. The quantitative estimate of drug-likeness (QED) is 0.716. The molecule has 0 radical (unpaired) electrons. The highest BCUT2D eigenvalue weighted by Gasteiger charge is 2.40. The number of rotatable bonds is 2. The average molecular weight is 354 g/mol. The molecule has 2 aromatic carbocycles. The zero-order valence-electron chi connectivity index (χ0n) is 14.9. The van der Waals surface area contributed by atoms with E-state index in [1.165, 1.54) is 43.4 Å². The maximum absolute atomic E-state index is 14.0. The maximum atomic E-state index is 14.0. The highest BCUT2D eigenvalue weighted by molar-refractivity contribution is 6.02. The van der Waals surface area contributed by atoms with Crippen molar-refractivity contribution in [1.29, 1.82) is 0 Å². The fourth-order valence-corrected chi connectivity index (χ4v) is 4.35. The lowest BCUT2D eigenvalue weighted by Gasteiger charge is -2.39. The van der Waals surface area contributed by atoms with E-state index in [-0.39, 0.29) is 12.0 Å². The van der Waals surface area contributed by atoms with Gasteiger partial charge in [0, 0.05) is 22.7 Å². The molecule has 1 spiro atoms. The van der Waals surface area contributed by atoms with Crippen LogP contribution in [0.1, 0.15) is 49.7 Å². The molecule has 0 unspecified atom stereocenters. The molecule has 1 heterocycles. The van der Waals surface area contributed by atoms with Crippen LogP contribution in [0.25, 0.3) is 0 Å². The Morgan fingerprint density at radius 1 is 0.962 bits per heavy atom. The molecule has 0 amide bonds. The Morgan fingerprint density at radius 3 is 2.50 bits per heavy atom. The molecule has 1 aliphatic carbocycles. The summed E-state index contributed by atoms with van der Waals surface area (Å²) >= 11 is 0. The normalized spacial score (nSPS) is 20.5. The van der Waals surface area contributed by atoms with Gasteiger partial charge in [-0.2, -0.15) is 0 Å². The van der Waals surface area contributed by atoms with E-state index in [2.05, 4.69) is 23.5 Å². The van der Waals surface area contributed by atoms with Crippen LogP contribution in [0.4, 0.5) is 14.5 Å². The van der Waals surface area contributed by atoms with Gasteiger partial charge in [-0.25, -0.2) is 8.78 Å². The van der Waals surface area contributed by atoms with E-state index in [0.717, 1.165) is 36.9 Å². The van der Waals surface area contributed by atoms with Gasteiger partial charge in [0.25, 0.3) is 0 Å². The monoisotopic (exact) mass is 354 g/mol. The minimum absolute atomic E-state index is 0.0152. The lowest BCUT2D eigenvalue weighted by molar-refractivity contribution is 0.354. The molecule has 4 rings (SSSR count). The van der Waals surface area contributed by atoms with Gasteiger partial charge in [0.2, 0.25) is 0 Å². The third kappa shape index (κ3) is 3.37. The third-order valence-electron chi connectivity index (χ3n) is 5.78. The standard InChI is InChI=1S/C22H24F2N2/c23-18-10-9-17(19(24)13-18)15-25-21-22(11-5-1-2-6-12-22)14-16-7-3-4-8-20(16)26-21/h3-4,7-10,13H,1-2,5-6,11-12,14-15H2,(H,25,26). The van der Waals surface area contributed by atoms with Crippen molar-refractivity contribution in [3.8, 4) is 0 Å². The summed E-state index contributed by atoms with van der Waals surface area (Å²) in [5, 5.41) is 3.54. The molecule has 0 saturated heterocycles. The summed E-state index contributed by atoms with van der Waals surface area (Å²) in [6.45, 7) is 0.234. The average Bonchev–Trinajstić information content (AvgIpc) is 2.87. The van der Waals surface area contributed by atoms with Crippen LogP contribution in [0, 0.1) is 17.0 Å². The molecule has 0 atom stereocenters. The largest absolute Gasteiger partial charge is 0.343 e. The topological polar surface area (TPSA) is 24.4 Å². The highest BCUT2D eigenvalue weighted by atomic mass is 19.1. The van der Waals surface area contributed by atoms with Gasteiger partial charge in [-0.05, 0) is 37.0 Å². The molecule has 0 bridgehead atoms. The molecular weight excluding hydrogens is 330 g/mol. The van der Waals surface area contributed by atoms with Gasteiger partial charge in [-0.15, -0.1) is 0 Å². The molecule has 136 valence electrons. The summed E-state index contributed by atoms with van der Waals surface area (Å²) in [6, 6.07) is 12.1. The van der Waals surface area contributed by atoms with Crippen molar-refractivity contribution in [2.24, 2.45) is 10.4 Å². The summed E-state index contributed by atoms with van der Waals surface area (Å²) in [4.78, 5) is 4.80. The zero-order valence-corrected chi connectivity index (χ0v) is 14.9. The first-order chi connectivity index (χ1) is 12.7. The van der Waals surface area contributed by atoms with E-state index >= 15 is 0 Å². The molecule has 1 saturated carbocycles. The lowest BCUT2D eigenvalue weighted by atomic mass is 9.72. The molecular formula is C22H24F2N2. The number of benzene rings is 2. The maximum Gasteiger partial charge on any atom is 0.131 e. The number of para-hydroxylation sites is 1. The molecule has 4 heteroatoms. The fraction of sp³-hybridized carbons (Fsp3) is 0.409. The molecule has 1 fully saturated rings. The SMILES string of the molecule is Fc1ccc(CN=C2Nc3ccccc3CC23CCCCCC3)c(F)c1. The van der Waals surface area contributed by atoms with Crippen molar-refractivity contribution < 1.29 is 8.78 Å². The summed E-state index contributed by atoms with van der Waals surface area (Å²) < 4.78 is 27.2. The lowest BCUT2D eigenvalue weighted by Crippen LogP contribution is -2.42. The second-order valence-electron chi connectivity index (χ2n) is 7.55.